The van der Waals surface area contributed by atoms with Gasteiger partial charge in [0, 0.05) is 19.2 Å². The Balaban J connectivity index is 2.64. The summed E-state index contributed by atoms with van der Waals surface area (Å²) < 4.78 is 5.90. The second-order valence-corrected chi connectivity index (χ2v) is 7.17. The van der Waals surface area contributed by atoms with Gasteiger partial charge in [-0.15, -0.1) is 0 Å². The van der Waals surface area contributed by atoms with Crippen molar-refractivity contribution in [3.05, 3.63) is 0 Å². The Morgan fingerprint density at radius 1 is 1.37 bits per heavy atom. The minimum absolute atomic E-state index is 0.209. The topological polar surface area (TPSA) is 38.5 Å². The van der Waals surface area contributed by atoms with Gasteiger partial charge in [0.15, 0.2) is 0 Å². The van der Waals surface area contributed by atoms with Crippen LogP contribution < -0.4 is 5.73 Å². The summed E-state index contributed by atoms with van der Waals surface area (Å²) in [6.45, 7) is 15.3. The summed E-state index contributed by atoms with van der Waals surface area (Å²) in [5.74, 6) is 0.619. The Labute approximate surface area is 119 Å². The van der Waals surface area contributed by atoms with Gasteiger partial charge in [0.2, 0.25) is 0 Å². The molecular formula is C16H34N2O. The monoisotopic (exact) mass is 270 g/mol. The first kappa shape index (κ1) is 16.9. The molecule has 3 nitrogen and oxygen atoms in total. The van der Waals surface area contributed by atoms with Gasteiger partial charge in [-0.2, -0.15) is 0 Å². The summed E-state index contributed by atoms with van der Waals surface area (Å²) in [6.07, 6.45) is 3.99. The van der Waals surface area contributed by atoms with Crippen molar-refractivity contribution in [1.82, 2.24) is 4.90 Å². The van der Waals surface area contributed by atoms with Crippen LogP contribution in [0, 0.1) is 11.3 Å². The smallest absolute Gasteiger partial charge is 0.0612 e. The number of ether oxygens (including phenoxy) is 1. The Morgan fingerprint density at radius 3 is 2.58 bits per heavy atom. The molecule has 0 radical (unpaired) electrons. The molecule has 0 amide bonds. The van der Waals surface area contributed by atoms with Gasteiger partial charge in [-0.05, 0) is 43.7 Å². The Bertz CT molecular complexity index is 253. The molecule has 3 heteroatoms. The minimum atomic E-state index is 0.209. The third-order valence-corrected chi connectivity index (χ3v) is 4.24. The lowest BCUT2D eigenvalue weighted by molar-refractivity contribution is -0.0533. The second-order valence-electron chi connectivity index (χ2n) is 7.17. The number of nitrogens with zero attached hydrogens (tertiary/aromatic N) is 1. The van der Waals surface area contributed by atoms with E-state index in [-0.39, 0.29) is 5.41 Å². The maximum atomic E-state index is 5.90. The fourth-order valence-corrected chi connectivity index (χ4v) is 2.90. The maximum absolute atomic E-state index is 5.90. The quantitative estimate of drug-likeness (QED) is 0.773. The van der Waals surface area contributed by atoms with Gasteiger partial charge >= 0.3 is 0 Å². The van der Waals surface area contributed by atoms with Gasteiger partial charge in [-0.1, -0.05) is 34.6 Å². The van der Waals surface area contributed by atoms with Gasteiger partial charge in [0.05, 0.1) is 6.10 Å². The molecule has 1 aliphatic heterocycles. The fourth-order valence-electron chi connectivity index (χ4n) is 2.90. The standard InChI is InChI=1S/C16H34N2O/c1-6-8-18(12-16(4,5)11-17)14-7-9-19-15(10-14)13(2)3/h13-15H,6-12,17H2,1-5H3. The summed E-state index contributed by atoms with van der Waals surface area (Å²) in [7, 11) is 0. The van der Waals surface area contributed by atoms with Gasteiger partial charge < -0.3 is 10.5 Å². The molecule has 0 aromatic carbocycles. The van der Waals surface area contributed by atoms with Crippen LogP contribution in [0.25, 0.3) is 0 Å². The van der Waals surface area contributed by atoms with E-state index < -0.39 is 0 Å². The largest absolute Gasteiger partial charge is 0.378 e. The summed E-state index contributed by atoms with van der Waals surface area (Å²) in [6, 6.07) is 0.673. The first-order valence-corrected chi connectivity index (χ1v) is 7.95. The van der Waals surface area contributed by atoms with E-state index in [0.717, 1.165) is 19.7 Å². The highest BCUT2D eigenvalue weighted by Crippen LogP contribution is 2.26. The molecular weight excluding hydrogens is 236 g/mol. The molecule has 2 unspecified atom stereocenters. The van der Waals surface area contributed by atoms with Gasteiger partial charge in [-0.25, -0.2) is 0 Å². The van der Waals surface area contributed by atoms with E-state index in [2.05, 4.69) is 39.5 Å². The minimum Gasteiger partial charge on any atom is -0.378 e. The van der Waals surface area contributed by atoms with E-state index >= 15 is 0 Å². The zero-order valence-electron chi connectivity index (χ0n) is 13.6. The lowest BCUT2D eigenvalue weighted by Crippen LogP contribution is -2.48. The van der Waals surface area contributed by atoms with Crippen LogP contribution in [-0.4, -0.2) is 43.3 Å². The highest BCUT2D eigenvalue weighted by atomic mass is 16.5. The molecule has 114 valence electrons. The fraction of sp³-hybridized carbons (Fsp3) is 1.00. The third kappa shape index (κ3) is 5.41. The van der Waals surface area contributed by atoms with Crippen LogP contribution in [0.4, 0.5) is 0 Å². The van der Waals surface area contributed by atoms with Crippen LogP contribution in [0.3, 0.4) is 0 Å². The summed E-state index contributed by atoms with van der Waals surface area (Å²) in [5, 5.41) is 0. The average Bonchev–Trinajstić information content (AvgIpc) is 2.38. The molecule has 0 aromatic heterocycles. The first-order chi connectivity index (χ1) is 8.89. The molecule has 19 heavy (non-hydrogen) atoms. The molecule has 0 aliphatic carbocycles. The second kappa shape index (κ2) is 7.61. The molecule has 1 saturated heterocycles. The molecule has 0 spiro atoms. The van der Waals surface area contributed by atoms with Crippen molar-refractivity contribution in [2.75, 3.05) is 26.2 Å². The van der Waals surface area contributed by atoms with E-state index in [0.29, 0.717) is 18.1 Å². The zero-order valence-corrected chi connectivity index (χ0v) is 13.6. The molecule has 0 saturated carbocycles. The van der Waals surface area contributed by atoms with Crippen molar-refractivity contribution >= 4 is 0 Å². The van der Waals surface area contributed by atoms with E-state index in [1.165, 1.54) is 25.8 Å². The molecule has 1 rings (SSSR count). The average molecular weight is 270 g/mol. The van der Waals surface area contributed by atoms with E-state index in [1.807, 2.05) is 0 Å². The van der Waals surface area contributed by atoms with Gasteiger partial charge in [0.25, 0.3) is 0 Å². The maximum Gasteiger partial charge on any atom is 0.0612 e. The van der Waals surface area contributed by atoms with Crippen LogP contribution in [0.5, 0.6) is 0 Å². The molecule has 1 aliphatic rings. The van der Waals surface area contributed by atoms with E-state index in [4.69, 9.17) is 10.5 Å². The van der Waals surface area contributed by atoms with Gasteiger partial charge in [-0.3, -0.25) is 4.90 Å². The molecule has 0 bridgehead atoms. The molecule has 1 fully saturated rings. The Hall–Kier alpha value is -0.120. The highest BCUT2D eigenvalue weighted by Gasteiger charge is 2.31. The summed E-state index contributed by atoms with van der Waals surface area (Å²) in [4.78, 5) is 2.66. The number of hydrogen-bond donors (Lipinski definition) is 1. The van der Waals surface area contributed by atoms with Crippen molar-refractivity contribution in [3.63, 3.8) is 0 Å². The van der Waals surface area contributed by atoms with Crippen LogP contribution in [0.1, 0.15) is 53.9 Å². The van der Waals surface area contributed by atoms with Crippen molar-refractivity contribution in [3.8, 4) is 0 Å². The molecule has 2 N–H and O–H groups in total. The Kier molecular flexibility index (Phi) is 6.78. The molecule has 0 aromatic rings. The third-order valence-electron chi connectivity index (χ3n) is 4.24. The van der Waals surface area contributed by atoms with Crippen molar-refractivity contribution in [2.45, 2.75) is 66.0 Å². The van der Waals surface area contributed by atoms with Crippen LogP contribution in [0.15, 0.2) is 0 Å². The highest BCUT2D eigenvalue weighted by molar-refractivity contribution is 4.84. The van der Waals surface area contributed by atoms with E-state index in [1.54, 1.807) is 0 Å². The summed E-state index contributed by atoms with van der Waals surface area (Å²) in [5.41, 5.74) is 6.11. The molecule has 2 atom stereocenters. The predicted molar refractivity (Wildman–Crippen MR) is 82.3 cm³/mol. The predicted octanol–water partition coefficient (Wildman–Crippen LogP) is 2.89. The van der Waals surface area contributed by atoms with Gasteiger partial charge in [0.1, 0.15) is 0 Å². The number of rotatable bonds is 7. The van der Waals surface area contributed by atoms with Crippen LogP contribution >= 0.6 is 0 Å². The Morgan fingerprint density at radius 2 is 2.05 bits per heavy atom. The zero-order chi connectivity index (χ0) is 14.5. The van der Waals surface area contributed by atoms with Crippen molar-refractivity contribution in [2.24, 2.45) is 17.1 Å². The van der Waals surface area contributed by atoms with Crippen LogP contribution in [0.2, 0.25) is 0 Å². The SMILES string of the molecule is CCCN(CC(C)(C)CN)C1CCOC(C(C)C)C1. The number of nitrogens with two attached hydrogens (primary N) is 1. The molecule has 1 heterocycles. The normalized spacial score (nSPS) is 25.3. The van der Waals surface area contributed by atoms with Crippen LogP contribution in [-0.2, 0) is 4.74 Å². The lowest BCUT2D eigenvalue weighted by Gasteiger charge is -2.42. The number of hydrogen-bond acceptors (Lipinski definition) is 3. The first-order valence-electron chi connectivity index (χ1n) is 7.95. The van der Waals surface area contributed by atoms with Crippen molar-refractivity contribution < 1.29 is 4.74 Å². The van der Waals surface area contributed by atoms with Crippen molar-refractivity contribution in [1.29, 1.82) is 0 Å². The lowest BCUT2D eigenvalue weighted by atomic mass is 9.89. The van der Waals surface area contributed by atoms with E-state index in [9.17, 15) is 0 Å². The summed E-state index contributed by atoms with van der Waals surface area (Å²) >= 11 is 0.